The van der Waals surface area contributed by atoms with Gasteiger partial charge in [-0.25, -0.2) is 9.67 Å². The van der Waals surface area contributed by atoms with Crippen LogP contribution in [0, 0.1) is 0 Å². The van der Waals surface area contributed by atoms with E-state index in [1.54, 1.807) is 0 Å². The molecule has 1 fully saturated rings. The highest BCUT2D eigenvalue weighted by molar-refractivity contribution is 6.14. The summed E-state index contributed by atoms with van der Waals surface area (Å²) in [6.45, 7) is 8.84. The van der Waals surface area contributed by atoms with Crippen LogP contribution in [0.2, 0.25) is 5.31 Å². The van der Waals surface area contributed by atoms with E-state index in [0.29, 0.717) is 11.5 Å². The van der Waals surface area contributed by atoms with Crippen LogP contribution in [0.15, 0.2) is 27.2 Å². The summed E-state index contributed by atoms with van der Waals surface area (Å²) in [5.74, 6) is 7.68. The van der Waals surface area contributed by atoms with Crippen molar-refractivity contribution in [3.63, 3.8) is 0 Å². The Bertz CT molecular complexity index is 1090. The summed E-state index contributed by atoms with van der Waals surface area (Å²) in [7, 11) is 6.48. The van der Waals surface area contributed by atoms with Crippen LogP contribution in [0.25, 0.3) is 6.08 Å². The molecule has 0 amide bonds. The van der Waals surface area contributed by atoms with Crippen molar-refractivity contribution in [2.45, 2.75) is 154 Å². The summed E-state index contributed by atoms with van der Waals surface area (Å²) >= 11 is 0. The number of aromatic nitrogens is 1. The Kier molecular flexibility index (Phi) is 12.0. The number of nitrogens with two attached hydrogens (primary N) is 1. The molecule has 1 atom stereocenters. The van der Waals surface area contributed by atoms with Gasteiger partial charge >= 0.3 is 0 Å². The predicted molar refractivity (Wildman–Crippen MR) is 162 cm³/mol. The first kappa shape index (κ1) is 30.6. The normalized spacial score (nSPS) is 23.5. The zero-order chi connectivity index (χ0) is 27.5. The molecule has 0 bridgehead atoms. The smallest absolute Gasteiger partial charge is 0.274 e. The molecular formula is C32H53BN4O. The molecule has 6 heteroatoms. The van der Waals surface area contributed by atoms with Crippen LogP contribution in [0.4, 0.5) is 0 Å². The number of fused-ring (bicyclic) bond motifs is 1. The second-order valence-corrected chi connectivity index (χ2v) is 12.2. The summed E-state index contributed by atoms with van der Waals surface area (Å²) in [5.41, 5.74) is 2.65. The molecule has 2 heterocycles. The summed E-state index contributed by atoms with van der Waals surface area (Å²) in [4.78, 5) is 18.6. The van der Waals surface area contributed by atoms with Gasteiger partial charge in [0.25, 0.3) is 5.56 Å². The van der Waals surface area contributed by atoms with Gasteiger partial charge in [0.15, 0.2) is 5.49 Å². The Balaban J connectivity index is 1.88. The van der Waals surface area contributed by atoms with Gasteiger partial charge in [0.2, 0.25) is 0 Å². The summed E-state index contributed by atoms with van der Waals surface area (Å²) < 4.78 is 1.32. The minimum atomic E-state index is -0.0855. The maximum Gasteiger partial charge on any atom is 0.274 e. The first-order valence-electron chi connectivity index (χ1n) is 15.7. The van der Waals surface area contributed by atoms with E-state index in [0.717, 1.165) is 80.8 Å². The molecule has 0 aromatic carbocycles. The second kappa shape index (κ2) is 15.0. The molecule has 38 heavy (non-hydrogen) atoms. The zero-order valence-electron chi connectivity index (χ0n) is 24.8. The summed E-state index contributed by atoms with van der Waals surface area (Å²) in [6.07, 6.45) is 21.1. The van der Waals surface area contributed by atoms with Gasteiger partial charge in [0.1, 0.15) is 5.82 Å². The topological polar surface area (TPSA) is 72.4 Å². The maximum atomic E-state index is 13.5. The molecule has 0 saturated heterocycles. The van der Waals surface area contributed by atoms with Crippen LogP contribution in [0.3, 0.4) is 0 Å². The summed E-state index contributed by atoms with van der Waals surface area (Å²) in [5, 5.41) is 4.78. The monoisotopic (exact) mass is 520 g/mol. The minimum absolute atomic E-state index is 0.0242. The van der Waals surface area contributed by atoms with E-state index in [1.807, 2.05) is 0 Å². The molecule has 1 aromatic rings. The number of hydrogen-bond donors (Lipinski definition) is 2. The van der Waals surface area contributed by atoms with Crippen molar-refractivity contribution in [1.29, 1.82) is 0 Å². The standard InChI is InChI=1S/C32H53BN4O/c1-5-8-9-10-16-25(15-6-2)28-23-26-20-19-24(7-3)29(36-30(26)37(34)31(28)38)35-27-17-11-13-21-32(4,33)22-14-12-18-27/h20,23,25,27,35H,5-19,21-22,34H2,1-4H3. The molecular weight excluding hydrogens is 467 g/mol. The number of rotatable bonds is 11. The third-order valence-corrected chi connectivity index (χ3v) is 8.74. The second-order valence-electron chi connectivity index (χ2n) is 12.2. The van der Waals surface area contributed by atoms with Crippen molar-refractivity contribution >= 4 is 13.9 Å². The lowest BCUT2D eigenvalue weighted by atomic mass is 9.64. The molecule has 210 valence electrons. The highest BCUT2D eigenvalue weighted by Gasteiger charge is 2.21. The molecule has 3 rings (SSSR count). The molecule has 1 aromatic heterocycles. The highest BCUT2D eigenvalue weighted by atomic mass is 16.1. The van der Waals surface area contributed by atoms with Gasteiger partial charge in [-0.1, -0.05) is 110 Å². The molecule has 1 aliphatic heterocycles. The van der Waals surface area contributed by atoms with Gasteiger partial charge in [0, 0.05) is 16.8 Å². The molecule has 2 aliphatic rings. The highest BCUT2D eigenvalue weighted by Crippen LogP contribution is 2.36. The molecule has 0 spiro atoms. The van der Waals surface area contributed by atoms with Gasteiger partial charge < -0.3 is 11.2 Å². The number of nitrogens with zero attached hydrogens (tertiary/aromatic N) is 2. The van der Waals surface area contributed by atoms with Gasteiger partial charge in [-0.3, -0.25) is 4.79 Å². The SMILES string of the molecule is [B]C1(C)CCCCC(NC2=C(CC)CC=c3cc(C(CCC)CCCCCC)c(=O)n(N)c3=N2)CCCC1. The Morgan fingerprint density at radius 1 is 1.08 bits per heavy atom. The summed E-state index contributed by atoms with van der Waals surface area (Å²) in [6, 6.07) is 2.49. The van der Waals surface area contributed by atoms with Gasteiger partial charge in [0.05, 0.1) is 7.85 Å². The van der Waals surface area contributed by atoms with Crippen LogP contribution in [-0.4, -0.2) is 18.6 Å². The first-order chi connectivity index (χ1) is 18.3. The fourth-order valence-electron chi connectivity index (χ4n) is 6.26. The van der Waals surface area contributed by atoms with Crippen molar-refractivity contribution in [1.82, 2.24) is 9.99 Å². The van der Waals surface area contributed by atoms with E-state index in [2.05, 4.69) is 45.2 Å². The maximum absolute atomic E-state index is 13.5. The Hall–Kier alpha value is -1.98. The van der Waals surface area contributed by atoms with Crippen molar-refractivity contribution in [2.75, 3.05) is 5.84 Å². The quantitative estimate of drug-likeness (QED) is 0.205. The van der Waals surface area contributed by atoms with E-state index in [-0.39, 0.29) is 16.8 Å². The van der Waals surface area contributed by atoms with E-state index >= 15 is 0 Å². The Morgan fingerprint density at radius 3 is 2.42 bits per heavy atom. The lowest BCUT2D eigenvalue weighted by Crippen LogP contribution is -2.49. The number of nitrogen functional groups attached to an aromatic ring is 1. The van der Waals surface area contributed by atoms with Crippen molar-refractivity contribution in [3.05, 3.63) is 44.1 Å². The molecule has 1 unspecified atom stereocenters. The number of pyridine rings is 1. The molecule has 2 radical (unpaired) electrons. The average molecular weight is 521 g/mol. The Labute approximate surface area is 232 Å². The van der Waals surface area contributed by atoms with Crippen molar-refractivity contribution in [3.8, 4) is 0 Å². The largest absolute Gasteiger partial charge is 0.367 e. The van der Waals surface area contributed by atoms with Crippen LogP contribution in [0.5, 0.6) is 0 Å². The fourth-order valence-corrected chi connectivity index (χ4v) is 6.26. The predicted octanol–water partition coefficient (Wildman–Crippen LogP) is 6.28. The first-order valence-corrected chi connectivity index (χ1v) is 15.7. The van der Waals surface area contributed by atoms with Crippen LogP contribution in [-0.2, 0) is 0 Å². The van der Waals surface area contributed by atoms with Gasteiger partial charge in [-0.2, -0.15) is 0 Å². The molecule has 5 nitrogen and oxygen atoms in total. The van der Waals surface area contributed by atoms with E-state index < -0.39 is 0 Å². The lowest BCUT2D eigenvalue weighted by molar-refractivity contribution is 0.385. The molecule has 3 N–H and O–H groups in total. The number of allylic oxidation sites excluding steroid dienone is 1. The van der Waals surface area contributed by atoms with Crippen LogP contribution >= 0.6 is 0 Å². The van der Waals surface area contributed by atoms with Crippen LogP contribution in [0.1, 0.15) is 148 Å². The van der Waals surface area contributed by atoms with Crippen molar-refractivity contribution < 1.29 is 0 Å². The third kappa shape index (κ3) is 8.51. The molecule has 1 aliphatic carbocycles. The average Bonchev–Trinajstić information content (AvgIpc) is 3.07. The van der Waals surface area contributed by atoms with Gasteiger partial charge in [-0.15, -0.1) is 0 Å². The number of hydrogen-bond acceptors (Lipinski definition) is 4. The van der Waals surface area contributed by atoms with Crippen LogP contribution < -0.4 is 27.4 Å². The van der Waals surface area contributed by atoms with Gasteiger partial charge in [-0.05, 0) is 56.1 Å². The zero-order valence-corrected chi connectivity index (χ0v) is 24.8. The minimum Gasteiger partial charge on any atom is -0.367 e. The third-order valence-electron chi connectivity index (χ3n) is 8.74. The number of nitrogens with one attached hydrogen (secondary N) is 1. The van der Waals surface area contributed by atoms with E-state index in [9.17, 15) is 4.79 Å². The molecule has 1 saturated carbocycles. The Morgan fingerprint density at radius 2 is 1.79 bits per heavy atom. The number of unbranched alkanes of at least 4 members (excludes halogenated alkanes) is 3. The van der Waals surface area contributed by atoms with E-state index in [4.69, 9.17) is 18.7 Å². The fraction of sp³-hybridized carbons (Fsp3) is 0.750. The van der Waals surface area contributed by atoms with E-state index in [1.165, 1.54) is 55.2 Å². The lowest BCUT2D eigenvalue weighted by Gasteiger charge is -2.28. The van der Waals surface area contributed by atoms with Crippen molar-refractivity contribution in [2.24, 2.45) is 4.99 Å².